The van der Waals surface area contributed by atoms with Crippen molar-refractivity contribution in [3.05, 3.63) is 29.3 Å². The summed E-state index contributed by atoms with van der Waals surface area (Å²) in [4.78, 5) is 1.17. The number of rotatable bonds is 0. The van der Waals surface area contributed by atoms with Crippen molar-refractivity contribution in [1.29, 1.82) is 0 Å². The largest absolute Gasteiger partial charge is 0.143 e. The Bertz CT molecular complexity index is 231. The summed E-state index contributed by atoms with van der Waals surface area (Å²) in [5.74, 6) is 0. The average molecular weight is 159 g/mol. The number of hydrogen-bond acceptors (Lipinski definition) is 1. The molecule has 0 amide bonds. The fraction of sp³-hybridized carbons (Fsp3) is 0.250. The Kier molecular flexibility index (Phi) is 2.87. The van der Waals surface area contributed by atoms with Crippen LogP contribution in [0.15, 0.2) is 23.1 Å². The first-order chi connectivity index (χ1) is 4.38. The van der Waals surface area contributed by atoms with Crippen molar-refractivity contribution < 1.29 is 0 Å². The van der Waals surface area contributed by atoms with Gasteiger partial charge in [0, 0.05) is 34.5 Å². The molecule has 0 saturated heterocycles. The molecule has 0 atom stereocenters. The molecular formula is C8H8NaS. The Morgan fingerprint density at radius 2 is 2.00 bits per heavy atom. The molecule has 0 spiro atoms. The van der Waals surface area contributed by atoms with Gasteiger partial charge in [0.1, 0.15) is 0 Å². The molecule has 0 aliphatic heterocycles. The normalized spacial score (nSPS) is 12.9. The summed E-state index contributed by atoms with van der Waals surface area (Å²) in [5, 5.41) is 0. The summed E-state index contributed by atoms with van der Waals surface area (Å²) in [6, 6.07) is 6.31. The van der Waals surface area contributed by atoms with E-state index in [9.17, 15) is 0 Å². The molecule has 0 aromatic heterocycles. The summed E-state index contributed by atoms with van der Waals surface area (Å²) in [5.41, 5.74) is 2.95. The van der Waals surface area contributed by atoms with E-state index in [1.807, 2.05) is 0 Å². The van der Waals surface area contributed by atoms with Crippen LogP contribution in [-0.2, 0) is 12.8 Å². The predicted molar refractivity (Wildman–Crippen MR) is 46.9 cm³/mol. The second kappa shape index (κ2) is 3.31. The van der Waals surface area contributed by atoms with Gasteiger partial charge >= 0.3 is 0 Å². The minimum atomic E-state index is 0. The van der Waals surface area contributed by atoms with E-state index in [4.69, 9.17) is 0 Å². The van der Waals surface area contributed by atoms with E-state index in [0.717, 1.165) is 0 Å². The zero-order valence-corrected chi connectivity index (χ0v) is 8.99. The molecule has 10 heavy (non-hydrogen) atoms. The Hall–Kier alpha value is 0.570. The molecule has 0 nitrogen and oxygen atoms in total. The summed E-state index contributed by atoms with van der Waals surface area (Å²) in [6.45, 7) is 0. The topological polar surface area (TPSA) is 0 Å². The van der Waals surface area contributed by atoms with E-state index in [-0.39, 0.29) is 29.6 Å². The minimum absolute atomic E-state index is 0. The van der Waals surface area contributed by atoms with Crippen LogP contribution in [0.4, 0.5) is 0 Å². The van der Waals surface area contributed by atoms with Crippen molar-refractivity contribution in [2.45, 2.75) is 17.7 Å². The molecule has 1 aliphatic carbocycles. The van der Waals surface area contributed by atoms with Crippen LogP contribution in [0.3, 0.4) is 0 Å². The van der Waals surface area contributed by atoms with Crippen molar-refractivity contribution in [3.63, 3.8) is 0 Å². The summed E-state index contributed by atoms with van der Waals surface area (Å²) >= 11 is 4.32. The van der Waals surface area contributed by atoms with Crippen LogP contribution >= 0.6 is 12.6 Å². The monoisotopic (exact) mass is 159 g/mol. The summed E-state index contributed by atoms with van der Waals surface area (Å²) < 4.78 is 0. The van der Waals surface area contributed by atoms with Gasteiger partial charge in [-0.25, -0.2) is 0 Å². The van der Waals surface area contributed by atoms with Gasteiger partial charge in [-0.05, 0) is 30.0 Å². The molecule has 0 unspecified atom stereocenters. The molecule has 1 aliphatic rings. The summed E-state index contributed by atoms with van der Waals surface area (Å²) in [7, 11) is 0. The Morgan fingerprint density at radius 3 is 2.40 bits per heavy atom. The molecule has 1 radical (unpaired) electrons. The van der Waals surface area contributed by atoms with E-state index in [0.29, 0.717) is 0 Å². The summed E-state index contributed by atoms with van der Waals surface area (Å²) in [6.07, 6.45) is 2.48. The Labute approximate surface area is 88.7 Å². The quantitative estimate of drug-likeness (QED) is 0.432. The van der Waals surface area contributed by atoms with Crippen LogP contribution < -0.4 is 0 Å². The van der Waals surface area contributed by atoms with Gasteiger partial charge in [0.25, 0.3) is 0 Å². The zero-order valence-electron chi connectivity index (χ0n) is 6.09. The van der Waals surface area contributed by atoms with Crippen molar-refractivity contribution in [2.75, 3.05) is 0 Å². The third kappa shape index (κ3) is 1.28. The van der Waals surface area contributed by atoms with Crippen LogP contribution in [0.25, 0.3) is 0 Å². The van der Waals surface area contributed by atoms with Crippen LogP contribution in [0.1, 0.15) is 11.1 Å². The van der Waals surface area contributed by atoms with Crippen LogP contribution in [0.5, 0.6) is 0 Å². The first kappa shape index (κ1) is 8.66. The van der Waals surface area contributed by atoms with Crippen molar-refractivity contribution in [1.82, 2.24) is 0 Å². The fourth-order valence-corrected chi connectivity index (χ4v) is 1.57. The van der Waals surface area contributed by atoms with Gasteiger partial charge in [-0.2, -0.15) is 0 Å². The van der Waals surface area contributed by atoms with E-state index in [2.05, 4.69) is 30.8 Å². The number of hydrogen-bond donors (Lipinski definition) is 1. The van der Waals surface area contributed by atoms with Crippen LogP contribution in [0.2, 0.25) is 0 Å². The number of thiol groups is 1. The fourth-order valence-electron chi connectivity index (χ4n) is 1.23. The first-order valence-electron chi connectivity index (χ1n) is 3.17. The molecule has 0 heterocycles. The maximum Gasteiger partial charge on any atom is 0.00749 e. The van der Waals surface area contributed by atoms with Gasteiger partial charge in [0.15, 0.2) is 0 Å². The minimum Gasteiger partial charge on any atom is -0.143 e. The first-order valence-corrected chi connectivity index (χ1v) is 3.62. The maximum absolute atomic E-state index is 4.32. The van der Waals surface area contributed by atoms with E-state index >= 15 is 0 Å². The van der Waals surface area contributed by atoms with Gasteiger partial charge in [-0.1, -0.05) is 12.1 Å². The number of aryl methyl sites for hydroxylation is 1. The third-order valence-electron chi connectivity index (χ3n) is 1.89. The SMILES string of the molecule is Sc1cccc2c1CC2.[Na]. The average Bonchev–Trinajstić information content (AvgIpc) is 1.74. The molecule has 2 rings (SSSR count). The van der Waals surface area contributed by atoms with Gasteiger partial charge in [0.05, 0.1) is 0 Å². The Morgan fingerprint density at radius 1 is 1.20 bits per heavy atom. The van der Waals surface area contributed by atoms with Crippen molar-refractivity contribution in [3.8, 4) is 0 Å². The van der Waals surface area contributed by atoms with E-state index < -0.39 is 0 Å². The molecule has 0 bridgehead atoms. The smallest absolute Gasteiger partial charge is 0.00749 e. The molecule has 1 aromatic carbocycles. The van der Waals surface area contributed by atoms with Crippen molar-refractivity contribution >= 4 is 42.2 Å². The second-order valence-corrected chi connectivity index (χ2v) is 2.90. The van der Waals surface area contributed by atoms with Crippen LogP contribution in [-0.4, -0.2) is 29.6 Å². The molecule has 1 aromatic rings. The molecule has 0 N–H and O–H groups in total. The van der Waals surface area contributed by atoms with Gasteiger partial charge < -0.3 is 0 Å². The van der Waals surface area contributed by atoms with Crippen LogP contribution in [0, 0.1) is 0 Å². The second-order valence-electron chi connectivity index (χ2n) is 2.41. The predicted octanol–water partition coefficient (Wildman–Crippen LogP) is 1.69. The number of benzene rings is 1. The molecule has 47 valence electrons. The van der Waals surface area contributed by atoms with E-state index in [1.54, 1.807) is 0 Å². The standard InChI is InChI=1S/C8H8S.Na/c9-8-3-1-2-6-4-5-7(6)8;/h1-3,9H,4-5H2;. The van der Waals surface area contributed by atoms with E-state index in [1.165, 1.54) is 28.9 Å². The van der Waals surface area contributed by atoms with Gasteiger partial charge in [0.2, 0.25) is 0 Å². The van der Waals surface area contributed by atoms with Gasteiger partial charge in [-0.3, -0.25) is 0 Å². The molecular weight excluding hydrogens is 151 g/mol. The zero-order chi connectivity index (χ0) is 6.27. The van der Waals surface area contributed by atoms with Gasteiger partial charge in [-0.15, -0.1) is 12.6 Å². The molecule has 0 saturated carbocycles. The number of fused-ring (bicyclic) bond motifs is 1. The third-order valence-corrected chi connectivity index (χ3v) is 2.31. The maximum atomic E-state index is 4.32. The Balaban J connectivity index is 0.000000500. The molecule has 2 heteroatoms. The van der Waals surface area contributed by atoms with Crippen molar-refractivity contribution in [2.24, 2.45) is 0 Å². The molecule has 0 fully saturated rings.